The van der Waals surface area contributed by atoms with Crippen molar-refractivity contribution < 1.29 is 4.42 Å². The molecule has 3 heteroatoms. The van der Waals surface area contributed by atoms with Crippen LogP contribution in [0.25, 0.3) is 83.2 Å². The lowest BCUT2D eigenvalue weighted by Gasteiger charge is -2.12. The second-order valence-electron chi connectivity index (χ2n) is 12.0. The first kappa shape index (κ1) is 24.6. The molecule has 3 heterocycles. The van der Waals surface area contributed by atoms with Gasteiger partial charge in [0.25, 0.3) is 0 Å². The SMILES string of the molecule is C1=Cc2c(c3ccc(-c4cccc(-n5c6ccccc6c6ccc7c8ccccc8oc7c65)c4)cc3n2-c2ccccc2)CC1. The first-order valence-corrected chi connectivity index (χ1v) is 15.7. The first-order chi connectivity index (χ1) is 22.3. The molecule has 0 saturated carbocycles. The molecule has 9 aromatic rings. The molecule has 0 atom stereocenters. The number of aromatic nitrogens is 2. The van der Waals surface area contributed by atoms with E-state index in [0.717, 1.165) is 46.0 Å². The third kappa shape index (κ3) is 3.52. The predicted molar refractivity (Wildman–Crippen MR) is 188 cm³/mol. The zero-order valence-corrected chi connectivity index (χ0v) is 24.6. The zero-order valence-electron chi connectivity index (χ0n) is 24.6. The number of allylic oxidation sites excluding steroid dienone is 1. The van der Waals surface area contributed by atoms with Gasteiger partial charge in [0, 0.05) is 44.0 Å². The molecule has 0 radical (unpaired) electrons. The van der Waals surface area contributed by atoms with Gasteiger partial charge in [-0.1, -0.05) is 91.0 Å². The van der Waals surface area contributed by atoms with Gasteiger partial charge in [-0.25, -0.2) is 0 Å². The molecule has 1 aliphatic carbocycles. The normalized spacial score (nSPS) is 13.1. The van der Waals surface area contributed by atoms with Crippen LogP contribution >= 0.6 is 0 Å². The van der Waals surface area contributed by atoms with Gasteiger partial charge in [0.05, 0.1) is 16.6 Å². The second-order valence-corrected chi connectivity index (χ2v) is 12.0. The van der Waals surface area contributed by atoms with Gasteiger partial charge in [-0.15, -0.1) is 0 Å². The van der Waals surface area contributed by atoms with Crippen molar-refractivity contribution in [3.05, 3.63) is 151 Å². The fourth-order valence-electron chi connectivity index (χ4n) is 7.59. The molecular formula is C42H28N2O. The van der Waals surface area contributed by atoms with E-state index in [4.69, 9.17) is 4.42 Å². The Balaban J connectivity index is 1.22. The average Bonchev–Trinajstić information content (AvgIpc) is 3.76. The second kappa shape index (κ2) is 9.35. The summed E-state index contributed by atoms with van der Waals surface area (Å²) in [5, 5.41) is 6.05. The van der Waals surface area contributed by atoms with Crippen molar-refractivity contribution in [2.45, 2.75) is 12.8 Å². The molecular weight excluding hydrogens is 548 g/mol. The molecule has 6 aromatic carbocycles. The Morgan fingerprint density at radius 3 is 2.20 bits per heavy atom. The number of hydrogen-bond donors (Lipinski definition) is 0. The summed E-state index contributed by atoms with van der Waals surface area (Å²) in [6.07, 6.45) is 6.76. The summed E-state index contributed by atoms with van der Waals surface area (Å²) >= 11 is 0. The fraction of sp³-hybridized carbons (Fsp3) is 0.0476. The van der Waals surface area contributed by atoms with Crippen molar-refractivity contribution in [1.82, 2.24) is 9.13 Å². The van der Waals surface area contributed by atoms with Crippen molar-refractivity contribution >= 4 is 60.7 Å². The van der Waals surface area contributed by atoms with Crippen LogP contribution in [0.4, 0.5) is 0 Å². The zero-order chi connectivity index (χ0) is 29.5. The number of furan rings is 1. The molecule has 0 aliphatic heterocycles. The Morgan fingerprint density at radius 1 is 0.511 bits per heavy atom. The maximum absolute atomic E-state index is 6.59. The summed E-state index contributed by atoms with van der Waals surface area (Å²) in [5.74, 6) is 0. The van der Waals surface area contributed by atoms with E-state index in [9.17, 15) is 0 Å². The molecule has 0 unspecified atom stereocenters. The monoisotopic (exact) mass is 576 g/mol. The van der Waals surface area contributed by atoms with Crippen LogP contribution in [0.2, 0.25) is 0 Å². The highest BCUT2D eigenvalue weighted by Crippen LogP contribution is 2.41. The Morgan fingerprint density at radius 2 is 1.27 bits per heavy atom. The number of hydrogen-bond acceptors (Lipinski definition) is 1. The largest absolute Gasteiger partial charge is 0.454 e. The lowest BCUT2D eigenvalue weighted by molar-refractivity contribution is 0.671. The van der Waals surface area contributed by atoms with E-state index in [1.165, 1.54) is 55.3 Å². The van der Waals surface area contributed by atoms with Crippen molar-refractivity contribution in [1.29, 1.82) is 0 Å². The van der Waals surface area contributed by atoms with E-state index >= 15 is 0 Å². The summed E-state index contributed by atoms with van der Waals surface area (Å²) in [6.45, 7) is 0. The van der Waals surface area contributed by atoms with Gasteiger partial charge in [0.1, 0.15) is 5.58 Å². The van der Waals surface area contributed by atoms with Crippen molar-refractivity contribution in [3.63, 3.8) is 0 Å². The third-order valence-electron chi connectivity index (χ3n) is 9.58. The molecule has 212 valence electrons. The first-order valence-electron chi connectivity index (χ1n) is 15.7. The minimum absolute atomic E-state index is 0.915. The summed E-state index contributed by atoms with van der Waals surface area (Å²) in [4.78, 5) is 0. The van der Waals surface area contributed by atoms with E-state index in [-0.39, 0.29) is 0 Å². The quantitative estimate of drug-likeness (QED) is 0.205. The summed E-state index contributed by atoms with van der Waals surface area (Å²) in [5.41, 5.74) is 12.8. The van der Waals surface area contributed by atoms with Gasteiger partial charge in [-0.3, -0.25) is 0 Å². The van der Waals surface area contributed by atoms with E-state index in [2.05, 4.69) is 149 Å². The van der Waals surface area contributed by atoms with Crippen LogP contribution in [0.15, 0.2) is 144 Å². The van der Waals surface area contributed by atoms with Crippen LogP contribution in [-0.2, 0) is 6.42 Å². The minimum atomic E-state index is 0.915. The fourth-order valence-corrected chi connectivity index (χ4v) is 7.59. The third-order valence-corrected chi connectivity index (χ3v) is 9.58. The number of para-hydroxylation sites is 3. The molecule has 1 aliphatic rings. The Hall–Kier alpha value is -5.80. The summed E-state index contributed by atoms with van der Waals surface area (Å²) < 4.78 is 11.4. The summed E-state index contributed by atoms with van der Waals surface area (Å²) in [7, 11) is 0. The molecule has 3 nitrogen and oxygen atoms in total. The molecule has 0 saturated heterocycles. The number of aryl methyl sites for hydroxylation is 1. The van der Waals surface area contributed by atoms with Gasteiger partial charge >= 0.3 is 0 Å². The maximum Gasteiger partial charge on any atom is 0.160 e. The van der Waals surface area contributed by atoms with Gasteiger partial charge < -0.3 is 13.6 Å². The molecule has 0 bridgehead atoms. The van der Waals surface area contributed by atoms with Crippen molar-refractivity contribution in [3.8, 4) is 22.5 Å². The highest BCUT2D eigenvalue weighted by atomic mass is 16.3. The number of nitrogens with zero attached hydrogens (tertiary/aromatic N) is 2. The Labute approximate surface area is 259 Å². The predicted octanol–water partition coefficient (Wildman–Crippen LogP) is 11.3. The Bertz CT molecular complexity index is 2650. The highest BCUT2D eigenvalue weighted by molar-refractivity contribution is 6.21. The molecule has 0 spiro atoms. The number of benzene rings is 6. The molecule has 0 N–H and O–H groups in total. The average molecular weight is 577 g/mol. The minimum Gasteiger partial charge on any atom is -0.454 e. The Kier molecular flexibility index (Phi) is 5.11. The smallest absolute Gasteiger partial charge is 0.160 e. The molecule has 0 fully saturated rings. The van der Waals surface area contributed by atoms with Gasteiger partial charge in [0.2, 0.25) is 0 Å². The van der Waals surface area contributed by atoms with E-state index < -0.39 is 0 Å². The van der Waals surface area contributed by atoms with Crippen LogP contribution in [0.3, 0.4) is 0 Å². The lowest BCUT2D eigenvalue weighted by atomic mass is 9.98. The molecule has 10 rings (SSSR count). The molecule has 3 aromatic heterocycles. The number of fused-ring (bicyclic) bond motifs is 10. The highest BCUT2D eigenvalue weighted by Gasteiger charge is 2.21. The topological polar surface area (TPSA) is 23.0 Å². The van der Waals surface area contributed by atoms with Crippen LogP contribution in [-0.4, -0.2) is 9.13 Å². The lowest BCUT2D eigenvalue weighted by Crippen LogP contribution is -1.99. The van der Waals surface area contributed by atoms with Crippen molar-refractivity contribution in [2.24, 2.45) is 0 Å². The summed E-state index contributed by atoms with van der Waals surface area (Å²) in [6, 6.07) is 48.1. The van der Waals surface area contributed by atoms with Crippen LogP contribution in [0.5, 0.6) is 0 Å². The van der Waals surface area contributed by atoms with Gasteiger partial charge in [-0.05, 0) is 84.1 Å². The van der Waals surface area contributed by atoms with Crippen LogP contribution in [0, 0.1) is 0 Å². The standard InChI is InChI=1S/C42H28N2O/c1-2-12-29(13-3-1)43-37-18-7-4-15-31(37)33-22-21-28(26-39(33)43)27-11-10-14-30(25-27)44-38-19-8-5-16-32(38)35-23-24-36-34-17-6-9-20-40(34)45-42(36)41(35)44/h1-3,5-14,16-26H,4,15H2. The van der Waals surface area contributed by atoms with E-state index in [1.807, 2.05) is 6.07 Å². The van der Waals surface area contributed by atoms with E-state index in [0.29, 0.717) is 0 Å². The van der Waals surface area contributed by atoms with Gasteiger partial charge in [0.15, 0.2) is 5.58 Å². The van der Waals surface area contributed by atoms with Crippen LogP contribution in [0.1, 0.15) is 17.7 Å². The number of rotatable bonds is 3. The molecule has 0 amide bonds. The van der Waals surface area contributed by atoms with Crippen LogP contribution < -0.4 is 0 Å². The van der Waals surface area contributed by atoms with Gasteiger partial charge in [-0.2, -0.15) is 0 Å². The maximum atomic E-state index is 6.59. The van der Waals surface area contributed by atoms with E-state index in [1.54, 1.807) is 0 Å². The molecule has 45 heavy (non-hydrogen) atoms. The van der Waals surface area contributed by atoms with Crippen molar-refractivity contribution in [2.75, 3.05) is 0 Å².